The van der Waals surface area contributed by atoms with Crippen molar-refractivity contribution in [3.63, 3.8) is 0 Å². The fourth-order valence-corrected chi connectivity index (χ4v) is 2.25. The van der Waals surface area contributed by atoms with E-state index in [2.05, 4.69) is 9.97 Å². The molecule has 0 unspecified atom stereocenters. The Morgan fingerprint density at radius 3 is 2.83 bits per heavy atom. The molecule has 2 rings (SSSR count). The molecule has 122 valence electrons. The number of aromatic nitrogens is 3. The normalized spacial score (nSPS) is 11.5. The Bertz CT molecular complexity index is 725. The van der Waals surface area contributed by atoms with E-state index < -0.39 is 5.97 Å². The van der Waals surface area contributed by atoms with Gasteiger partial charge >= 0.3 is 5.97 Å². The first-order valence-electron chi connectivity index (χ1n) is 7.10. The van der Waals surface area contributed by atoms with Crippen LogP contribution in [0.1, 0.15) is 24.1 Å². The van der Waals surface area contributed by atoms with Gasteiger partial charge in [0.15, 0.2) is 11.6 Å². The number of carboxylic acids is 1. The van der Waals surface area contributed by atoms with Gasteiger partial charge in [0.2, 0.25) is 0 Å². The van der Waals surface area contributed by atoms with Crippen molar-refractivity contribution in [2.24, 2.45) is 0 Å². The predicted molar refractivity (Wildman–Crippen MR) is 88.2 cm³/mol. The molecule has 0 radical (unpaired) electrons. The molecule has 1 N–H and O–H groups in total. The van der Waals surface area contributed by atoms with E-state index in [0.717, 1.165) is 5.69 Å². The van der Waals surface area contributed by atoms with Crippen molar-refractivity contribution < 1.29 is 14.6 Å². The molecule has 6 nitrogen and oxygen atoms in total. The third-order valence-corrected chi connectivity index (χ3v) is 3.49. The molecular weight excluding hydrogens is 318 g/mol. The van der Waals surface area contributed by atoms with E-state index >= 15 is 0 Å². The van der Waals surface area contributed by atoms with E-state index in [1.54, 1.807) is 36.3 Å². The average Bonchev–Trinajstić information content (AvgIpc) is 2.97. The zero-order valence-electron chi connectivity index (χ0n) is 13.0. The Morgan fingerprint density at radius 1 is 1.48 bits per heavy atom. The second-order valence-electron chi connectivity index (χ2n) is 4.98. The molecule has 0 saturated carbocycles. The summed E-state index contributed by atoms with van der Waals surface area (Å²) in [6.07, 6.45) is 7.70. The van der Waals surface area contributed by atoms with Crippen molar-refractivity contribution in [1.29, 1.82) is 0 Å². The van der Waals surface area contributed by atoms with E-state index in [1.165, 1.54) is 0 Å². The van der Waals surface area contributed by atoms with Crippen molar-refractivity contribution in [3.8, 4) is 11.6 Å². The molecule has 0 aliphatic rings. The number of ether oxygens (including phenoxy) is 1. The molecule has 2 heterocycles. The van der Waals surface area contributed by atoms with Gasteiger partial charge in [0.25, 0.3) is 0 Å². The van der Waals surface area contributed by atoms with Crippen LogP contribution >= 0.6 is 11.6 Å². The lowest BCUT2D eigenvalue weighted by Crippen LogP contribution is -2.02. The molecule has 0 amide bonds. The van der Waals surface area contributed by atoms with Crippen molar-refractivity contribution in [2.75, 3.05) is 13.0 Å². The maximum Gasteiger partial charge on any atom is 0.331 e. The number of carbonyl (C=O) groups is 1. The van der Waals surface area contributed by atoms with Gasteiger partial charge in [0.05, 0.1) is 12.8 Å². The van der Waals surface area contributed by atoms with E-state index in [4.69, 9.17) is 16.3 Å². The molecule has 0 aromatic carbocycles. The van der Waals surface area contributed by atoms with Crippen molar-refractivity contribution in [1.82, 2.24) is 14.5 Å². The topological polar surface area (TPSA) is 77.2 Å². The summed E-state index contributed by atoms with van der Waals surface area (Å²) in [5.41, 5.74) is 1.82. The first-order chi connectivity index (χ1) is 11.0. The van der Waals surface area contributed by atoms with Crippen LogP contribution in [0.5, 0.6) is 5.75 Å². The molecular formula is C16H18ClN3O3. The first-order valence-corrected chi connectivity index (χ1v) is 7.63. The monoisotopic (exact) mass is 335 g/mol. The minimum atomic E-state index is -0.955. The van der Waals surface area contributed by atoms with Crippen LogP contribution in [0.2, 0.25) is 0 Å². The summed E-state index contributed by atoms with van der Waals surface area (Å²) in [5.74, 6) is 0.606. The molecule has 23 heavy (non-hydrogen) atoms. The zero-order valence-corrected chi connectivity index (χ0v) is 13.7. The molecule has 0 atom stereocenters. The molecule has 0 aliphatic heterocycles. The SMILES string of the molecule is COc1cc(/C=C(\CCCCl)C(=O)O)cnc1-n1cnc(C)c1. The van der Waals surface area contributed by atoms with Gasteiger partial charge in [-0.05, 0) is 37.5 Å². The number of aliphatic carboxylic acids is 1. The standard InChI is InChI=1S/C16H18ClN3O3/c1-11-9-20(10-19-11)15-14(23-2)7-12(8-18-15)6-13(16(21)22)4-3-5-17/h6-10H,3-5H2,1-2H3,(H,21,22)/b13-6+. The summed E-state index contributed by atoms with van der Waals surface area (Å²) < 4.78 is 7.12. The number of nitrogens with zero attached hydrogens (tertiary/aromatic N) is 3. The highest BCUT2D eigenvalue weighted by Gasteiger charge is 2.11. The van der Waals surface area contributed by atoms with Gasteiger partial charge in [-0.25, -0.2) is 14.8 Å². The van der Waals surface area contributed by atoms with Gasteiger partial charge < -0.3 is 9.84 Å². The van der Waals surface area contributed by atoms with Crippen molar-refractivity contribution in [3.05, 3.63) is 41.6 Å². The predicted octanol–water partition coefficient (Wildman–Crippen LogP) is 3.07. The highest BCUT2D eigenvalue weighted by Crippen LogP contribution is 2.23. The van der Waals surface area contributed by atoms with Gasteiger partial charge in [0, 0.05) is 23.8 Å². The highest BCUT2D eigenvalue weighted by molar-refractivity contribution is 6.17. The number of methoxy groups -OCH3 is 1. The summed E-state index contributed by atoms with van der Waals surface area (Å²) in [4.78, 5) is 19.8. The number of carboxylic acid groups (broad SMARTS) is 1. The maximum absolute atomic E-state index is 11.3. The third kappa shape index (κ3) is 4.32. The summed E-state index contributed by atoms with van der Waals surface area (Å²) in [6, 6.07) is 1.75. The number of hydrogen-bond donors (Lipinski definition) is 1. The number of rotatable bonds is 7. The Hall–Kier alpha value is -2.34. The molecule has 0 aliphatic carbocycles. The van der Waals surface area contributed by atoms with Gasteiger partial charge in [-0.15, -0.1) is 11.6 Å². The van der Waals surface area contributed by atoms with Gasteiger partial charge in [-0.2, -0.15) is 0 Å². The van der Waals surface area contributed by atoms with Crippen LogP contribution in [-0.2, 0) is 4.79 Å². The molecule has 0 spiro atoms. The number of aryl methyl sites for hydroxylation is 1. The minimum absolute atomic E-state index is 0.292. The second-order valence-corrected chi connectivity index (χ2v) is 5.36. The van der Waals surface area contributed by atoms with Gasteiger partial charge in [-0.3, -0.25) is 4.57 Å². The van der Waals surface area contributed by atoms with Gasteiger partial charge in [-0.1, -0.05) is 0 Å². The lowest BCUT2D eigenvalue weighted by Gasteiger charge is -2.09. The van der Waals surface area contributed by atoms with Crippen LogP contribution in [0.25, 0.3) is 11.9 Å². The van der Waals surface area contributed by atoms with E-state index in [1.807, 2.05) is 13.1 Å². The minimum Gasteiger partial charge on any atom is -0.493 e. The first kappa shape index (κ1) is 17.0. The van der Waals surface area contributed by atoms with Crippen LogP contribution in [0.3, 0.4) is 0 Å². The number of pyridine rings is 1. The number of alkyl halides is 1. The summed E-state index contributed by atoms with van der Waals surface area (Å²) >= 11 is 5.63. The zero-order chi connectivity index (χ0) is 16.8. The van der Waals surface area contributed by atoms with Crippen molar-refractivity contribution >= 4 is 23.6 Å². The molecule has 2 aromatic heterocycles. The molecule has 0 bridgehead atoms. The quantitative estimate of drug-likeness (QED) is 0.621. The Morgan fingerprint density at radius 2 is 2.26 bits per heavy atom. The Kier molecular flexibility index (Phi) is 5.76. The molecule has 2 aromatic rings. The smallest absolute Gasteiger partial charge is 0.331 e. The number of hydrogen-bond acceptors (Lipinski definition) is 4. The van der Waals surface area contributed by atoms with Crippen LogP contribution in [0.4, 0.5) is 0 Å². The Labute approximate surface area is 139 Å². The van der Waals surface area contributed by atoms with Crippen LogP contribution in [-0.4, -0.2) is 38.6 Å². The molecule has 0 saturated heterocycles. The molecule has 0 fully saturated rings. The Balaban J connectivity index is 2.36. The van der Waals surface area contributed by atoms with E-state index in [0.29, 0.717) is 41.4 Å². The van der Waals surface area contributed by atoms with Crippen LogP contribution in [0, 0.1) is 6.92 Å². The second kappa shape index (κ2) is 7.78. The molecule has 7 heteroatoms. The average molecular weight is 336 g/mol. The fourth-order valence-electron chi connectivity index (χ4n) is 2.11. The third-order valence-electron chi connectivity index (χ3n) is 3.23. The summed E-state index contributed by atoms with van der Waals surface area (Å²) in [7, 11) is 1.55. The van der Waals surface area contributed by atoms with Crippen molar-refractivity contribution in [2.45, 2.75) is 19.8 Å². The fraction of sp³-hybridized carbons (Fsp3) is 0.312. The van der Waals surface area contributed by atoms with Crippen LogP contribution < -0.4 is 4.74 Å². The maximum atomic E-state index is 11.3. The number of halogens is 1. The van der Waals surface area contributed by atoms with E-state index in [9.17, 15) is 9.90 Å². The lowest BCUT2D eigenvalue weighted by atomic mass is 10.1. The summed E-state index contributed by atoms with van der Waals surface area (Å²) in [6.45, 7) is 1.89. The lowest BCUT2D eigenvalue weighted by molar-refractivity contribution is -0.132. The largest absolute Gasteiger partial charge is 0.493 e. The highest BCUT2D eigenvalue weighted by atomic mass is 35.5. The van der Waals surface area contributed by atoms with E-state index in [-0.39, 0.29) is 0 Å². The van der Waals surface area contributed by atoms with Gasteiger partial charge in [0.1, 0.15) is 6.33 Å². The van der Waals surface area contributed by atoms with Crippen LogP contribution in [0.15, 0.2) is 30.4 Å². The number of imidazole rings is 1. The summed E-state index contributed by atoms with van der Waals surface area (Å²) in [5, 5.41) is 9.25.